The molecule has 0 saturated heterocycles. The van der Waals surface area contributed by atoms with E-state index in [0.717, 1.165) is 0 Å². The summed E-state index contributed by atoms with van der Waals surface area (Å²) in [6.07, 6.45) is 3.36. The molecule has 7 heteroatoms. The lowest BCUT2D eigenvalue weighted by atomic mass is 10.2. The van der Waals surface area contributed by atoms with Crippen molar-refractivity contribution in [3.05, 3.63) is 58.9 Å². The molecule has 2 aromatic rings. The molecule has 0 aliphatic heterocycles. The summed E-state index contributed by atoms with van der Waals surface area (Å²) >= 11 is 7.31. The summed E-state index contributed by atoms with van der Waals surface area (Å²) in [4.78, 5) is 31.7. The third-order valence-electron chi connectivity index (χ3n) is 3.81. The van der Waals surface area contributed by atoms with Gasteiger partial charge in [0.05, 0.1) is 16.7 Å². The first-order valence-corrected chi connectivity index (χ1v) is 10.1. The van der Waals surface area contributed by atoms with Gasteiger partial charge in [0, 0.05) is 24.7 Å². The Morgan fingerprint density at radius 3 is 2.59 bits per heavy atom. The van der Waals surface area contributed by atoms with Crippen LogP contribution in [0, 0.1) is 5.92 Å². The van der Waals surface area contributed by atoms with Gasteiger partial charge in [-0.2, -0.15) is 0 Å². The van der Waals surface area contributed by atoms with Crippen LogP contribution >= 0.6 is 23.4 Å². The average Bonchev–Trinajstić information content (AvgIpc) is 2.62. The van der Waals surface area contributed by atoms with Gasteiger partial charge in [-0.3, -0.25) is 14.2 Å². The molecule has 0 aliphatic carbocycles. The molecule has 2 rings (SSSR count). The summed E-state index contributed by atoms with van der Waals surface area (Å²) in [7, 11) is 0. The Morgan fingerprint density at radius 2 is 2.00 bits per heavy atom. The molecule has 1 aromatic heterocycles. The van der Waals surface area contributed by atoms with E-state index in [1.807, 2.05) is 13.8 Å². The highest BCUT2D eigenvalue weighted by atomic mass is 35.5. The summed E-state index contributed by atoms with van der Waals surface area (Å²) in [6.45, 7) is 12.8. The van der Waals surface area contributed by atoms with Gasteiger partial charge in [0.1, 0.15) is 0 Å². The van der Waals surface area contributed by atoms with Crippen LogP contribution in [0.3, 0.4) is 0 Å². The number of hydrogen-bond donors (Lipinski definition) is 0. The standard InChI is InChI=1S/C20H24ClN3O2S/c1-5-9-23(10-6-2)18(25)13-27-20-22-17-8-7-15(21)11-16(17)19(26)24(20)12-14(3)4/h5-8,11,14H,1-2,9-10,12-13H2,3-4H3. The van der Waals surface area contributed by atoms with E-state index in [1.54, 1.807) is 39.8 Å². The van der Waals surface area contributed by atoms with Gasteiger partial charge in [-0.1, -0.05) is 49.4 Å². The van der Waals surface area contributed by atoms with Gasteiger partial charge in [-0.25, -0.2) is 4.98 Å². The van der Waals surface area contributed by atoms with Crippen molar-refractivity contribution >= 4 is 40.2 Å². The minimum absolute atomic E-state index is 0.0543. The minimum Gasteiger partial charge on any atom is -0.335 e. The third-order valence-corrected chi connectivity index (χ3v) is 5.00. The molecule has 0 radical (unpaired) electrons. The number of aromatic nitrogens is 2. The second kappa shape index (κ2) is 9.76. The van der Waals surface area contributed by atoms with E-state index in [-0.39, 0.29) is 23.1 Å². The molecule has 0 aliphatic rings. The van der Waals surface area contributed by atoms with Crippen LogP contribution in [0.4, 0.5) is 0 Å². The fourth-order valence-corrected chi connectivity index (χ4v) is 3.70. The predicted octanol–water partition coefficient (Wildman–Crippen LogP) is 4.00. The maximum atomic E-state index is 12.9. The molecule has 0 N–H and O–H groups in total. The quantitative estimate of drug-likeness (QED) is 0.359. The summed E-state index contributed by atoms with van der Waals surface area (Å²) < 4.78 is 1.63. The third kappa shape index (κ3) is 5.47. The number of halogens is 1. The molecule has 5 nitrogen and oxygen atoms in total. The normalized spacial score (nSPS) is 11.0. The second-order valence-corrected chi connectivity index (χ2v) is 7.91. The van der Waals surface area contributed by atoms with Crippen LogP contribution in [0.15, 0.2) is 53.5 Å². The van der Waals surface area contributed by atoms with Crippen LogP contribution in [0.25, 0.3) is 10.9 Å². The summed E-state index contributed by atoms with van der Waals surface area (Å²) in [5.74, 6) is 0.390. The van der Waals surface area contributed by atoms with Crippen molar-refractivity contribution in [3.63, 3.8) is 0 Å². The van der Waals surface area contributed by atoms with Crippen LogP contribution in [0.5, 0.6) is 0 Å². The molecule has 0 saturated carbocycles. The van der Waals surface area contributed by atoms with Gasteiger partial charge in [0.15, 0.2) is 5.16 Å². The number of amides is 1. The van der Waals surface area contributed by atoms with Gasteiger partial charge >= 0.3 is 0 Å². The second-order valence-electron chi connectivity index (χ2n) is 6.53. The molecule has 0 unspecified atom stereocenters. The van der Waals surface area contributed by atoms with Crippen molar-refractivity contribution < 1.29 is 4.79 Å². The minimum atomic E-state index is -0.139. The smallest absolute Gasteiger partial charge is 0.262 e. The molecule has 0 spiro atoms. The van der Waals surface area contributed by atoms with Gasteiger partial charge in [0.25, 0.3) is 5.56 Å². The van der Waals surface area contributed by atoms with E-state index >= 15 is 0 Å². The maximum absolute atomic E-state index is 12.9. The summed E-state index contributed by atoms with van der Waals surface area (Å²) in [5, 5.41) is 1.52. The highest BCUT2D eigenvalue weighted by molar-refractivity contribution is 7.99. The zero-order valence-electron chi connectivity index (χ0n) is 15.7. The molecule has 0 fully saturated rings. The Labute approximate surface area is 168 Å². The average molecular weight is 406 g/mol. The van der Waals surface area contributed by atoms with Crippen molar-refractivity contribution in [2.24, 2.45) is 5.92 Å². The Bertz CT molecular complexity index is 898. The van der Waals surface area contributed by atoms with Crippen molar-refractivity contribution in [1.82, 2.24) is 14.5 Å². The first-order chi connectivity index (χ1) is 12.9. The molecule has 1 heterocycles. The number of thioether (sulfide) groups is 1. The lowest BCUT2D eigenvalue weighted by Gasteiger charge is -2.20. The first kappa shape index (κ1) is 21.3. The van der Waals surface area contributed by atoms with Crippen LogP contribution in [0.1, 0.15) is 13.8 Å². The van der Waals surface area contributed by atoms with Crippen LogP contribution in [0.2, 0.25) is 5.02 Å². The summed E-state index contributed by atoms with van der Waals surface area (Å²) in [6, 6.07) is 5.07. The highest BCUT2D eigenvalue weighted by Crippen LogP contribution is 2.21. The topological polar surface area (TPSA) is 55.2 Å². The lowest BCUT2D eigenvalue weighted by Crippen LogP contribution is -2.33. The van der Waals surface area contributed by atoms with E-state index in [4.69, 9.17) is 11.6 Å². The van der Waals surface area contributed by atoms with Crippen molar-refractivity contribution in [2.45, 2.75) is 25.5 Å². The molecule has 0 atom stereocenters. The SMILES string of the molecule is C=CCN(CC=C)C(=O)CSc1nc2ccc(Cl)cc2c(=O)n1CC(C)C. The molecule has 144 valence electrons. The highest BCUT2D eigenvalue weighted by Gasteiger charge is 2.17. The number of carbonyl (C=O) groups is 1. The van der Waals surface area contributed by atoms with E-state index in [9.17, 15) is 9.59 Å². The number of benzene rings is 1. The van der Waals surface area contributed by atoms with Crippen molar-refractivity contribution in [1.29, 1.82) is 0 Å². The Hall–Kier alpha value is -2.05. The fraction of sp³-hybridized carbons (Fsp3) is 0.350. The Morgan fingerprint density at radius 1 is 1.33 bits per heavy atom. The van der Waals surface area contributed by atoms with E-state index in [1.165, 1.54) is 11.8 Å². The number of hydrogen-bond acceptors (Lipinski definition) is 4. The molecule has 27 heavy (non-hydrogen) atoms. The van der Waals surface area contributed by atoms with Crippen molar-refractivity contribution in [3.8, 4) is 0 Å². The number of carbonyl (C=O) groups excluding carboxylic acids is 1. The lowest BCUT2D eigenvalue weighted by molar-refractivity contribution is -0.127. The zero-order chi connectivity index (χ0) is 20.0. The van der Waals surface area contributed by atoms with Gasteiger partial charge in [-0.15, -0.1) is 13.2 Å². The van der Waals surface area contributed by atoms with E-state index in [2.05, 4.69) is 18.1 Å². The van der Waals surface area contributed by atoms with Crippen LogP contribution in [-0.4, -0.2) is 39.2 Å². The molecule has 1 amide bonds. The molecular formula is C20H24ClN3O2S. The molecule has 1 aromatic carbocycles. The number of rotatable bonds is 9. The van der Waals surface area contributed by atoms with Gasteiger partial charge in [0.2, 0.25) is 5.91 Å². The fourth-order valence-electron chi connectivity index (χ4n) is 2.62. The van der Waals surface area contributed by atoms with Crippen LogP contribution < -0.4 is 5.56 Å². The van der Waals surface area contributed by atoms with Crippen LogP contribution in [-0.2, 0) is 11.3 Å². The number of nitrogens with zero attached hydrogens (tertiary/aromatic N) is 3. The first-order valence-electron chi connectivity index (χ1n) is 8.69. The maximum Gasteiger partial charge on any atom is 0.262 e. The van der Waals surface area contributed by atoms with Gasteiger partial charge in [-0.05, 0) is 24.1 Å². The largest absolute Gasteiger partial charge is 0.335 e. The molecular weight excluding hydrogens is 382 g/mol. The Kier molecular flexibility index (Phi) is 7.68. The van der Waals surface area contributed by atoms with E-state index in [0.29, 0.717) is 40.7 Å². The predicted molar refractivity (Wildman–Crippen MR) is 114 cm³/mol. The summed E-state index contributed by atoms with van der Waals surface area (Å²) in [5.41, 5.74) is 0.439. The molecule has 0 bridgehead atoms. The monoisotopic (exact) mass is 405 g/mol. The Balaban J connectivity index is 2.37. The number of fused-ring (bicyclic) bond motifs is 1. The van der Waals surface area contributed by atoms with E-state index < -0.39 is 0 Å². The van der Waals surface area contributed by atoms with Crippen molar-refractivity contribution in [2.75, 3.05) is 18.8 Å². The van der Waals surface area contributed by atoms with Gasteiger partial charge < -0.3 is 4.90 Å². The zero-order valence-corrected chi connectivity index (χ0v) is 17.2.